The summed E-state index contributed by atoms with van der Waals surface area (Å²) in [5, 5.41) is 34.9. The molecule has 0 heterocycles. The van der Waals surface area contributed by atoms with Gasteiger partial charge in [0.25, 0.3) is 10.1 Å². The van der Waals surface area contributed by atoms with Crippen LogP contribution < -0.4 is 11.1 Å². The number of carbonyl (C=O) groups is 5. The minimum Gasteiger partial charge on any atom is -0.481 e. The molecule has 0 saturated carbocycles. The molecule has 186 valence electrons. The first-order valence-corrected chi connectivity index (χ1v) is 11.4. The van der Waals surface area contributed by atoms with Gasteiger partial charge in [-0.15, -0.1) is 11.8 Å². The summed E-state index contributed by atoms with van der Waals surface area (Å²) in [5.74, 6) is -6.98. The number of rotatable bonds is 10. The van der Waals surface area contributed by atoms with Gasteiger partial charge >= 0.3 is 23.9 Å². The number of hydrogen-bond donors (Lipinski definition) is 7. The number of carboxylic acids is 4. The normalized spacial score (nSPS) is 10.9. The lowest BCUT2D eigenvalue weighted by Gasteiger charge is -2.10. The average Bonchev–Trinajstić information content (AvgIpc) is 2.66. The molecule has 14 nitrogen and oxygen atoms in total. The van der Waals surface area contributed by atoms with E-state index in [0.29, 0.717) is 0 Å². The van der Waals surface area contributed by atoms with Gasteiger partial charge < -0.3 is 31.5 Å². The van der Waals surface area contributed by atoms with Crippen molar-refractivity contribution in [2.24, 2.45) is 5.73 Å². The lowest BCUT2D eigenvalue weighted by atomic mass is 10.2. The maximum atomic E-state index is 10.6. The quantitative estimate of drug-likeness (QED) is 0.146. The molecule has 1 atom stereocenters. The first-order valence-electron chi connectivity index (χ1n) is 8.56. The third kappa shape index (κ3) is 20.4. The van der Waals surface area contributed by atoms with Crippen LogP contribution in [0.15, 0.2) is 29.2 Å². The molecule has 8 N–H and O–H groups in total. The van der Waals surface area contributed by atoms with Crippen LogP contribution in [0.2, 0.25) is 0 Å². The summed E-state index contributed by atoms with van der Waals surface area (Å²) in [5.41, 5.74) is 5.75. The summed E-state index contributed by atoms with van der Waals surface area (Å²) >= 11 is 1.65. The number of benzene rings is 1. The molecule has 0 aliphatic heterocycles. The first-order chi connectivity index (χ1) is 15.1. The van der Waals surface area contributed by atoms with Crippen molar-refractivity contribution < 1.29 is 57.4 Å². The van der Waals surface area contributed by atoms with Crippen molar-refractivity contribution in [3.8, 4) is 0 Å². The Bertz CT molecular complexity index is 916. The van der Waals surface area contributed by atoms with Gasteiger partial charge in [0.15, 0.2) is 5.75 Å². The van der Waals surface area contributed by atoms with Gasteiger partial charge in [-0.2, -0.15) is 8.42 Å². The summed E-state index contributed by atoms with van der Waals surface area (Å²) in [6.07, 6.45) is 1.43. The zero-order valence-corrected chi connectivity index (χ0v) is 18.8. The van der Waals surface area contributed by atoms with E-state index < -0.39 is 58.1 Å². The molecule has 1 aromatic rings. The van der Waals surface area contributed by atoms with Crippen LogP contribution in [0.25, 0.3) is 0 Å². The molecule has 1 aromatic carbocycles. The predicted molar refractivity (Wildman–Crippen MR) is 114 cm³/mol. The van der Waals surface area contributed by atoms with E-state index in [1.165, 1.54) is 0 Å². The molecule has 0 radical (unpaired) electrons. The Labute approximate surface area is 192 Å². The van der Waals surface area contributed by atoms with E-state index in [2.05, 4.69) is 0 Å². The standard InChI is InChI=1S/C9H10O2S.C6H10N2O5.C2H4O5S/c1-12-8-4-2-7(3-5-8)6-9(10)11;7-2-4(9)8-3(6(12)13)1-5(10)11;3-2(4)1-8(5,6)7/h2-5H,6H2,1H3,(H,10,11);3H,1-2,7H2,(H,8,9)(H,10,11)(H,12,13);1H2,(H,3,4)(H,5,6,7). The van der Waals surface area contributed by atoms with Crippen LogP contribution in [0, 0.1) is 0 Å². The third-order valence-electron chi connectivity index (χ3n) is 3.02. The number of nitrogens with two attached hydrogens (primary N) is 1. The number of amides is 1. The highest BCUT2D eigenvalue weighted by atomic mass is 32.2. The third-order valence-corrected chi connectivity index (χ3v) is 4.37. The molecule has 0 saturated heterocycles. The Morgan fingerprint density at radius 2 is 1.48 bits per heavy atom. The van der Waals surface area contributed by atoms with Gasteiger partial charge in [0.05, 0.1) is 19.4 Å². The van der Waals surface area contributed by atoms with Gasteiger partial charge in [0.2, 0.25) is 5.91 Å². The Kier molecular flexibility index (Phi) is 15.9. The maximum absolute atomic E-state index is 10.6. The van der Waals surface area contributed by atoms with Crippen molar-refractivity contribution in [3.05, 3.63) is 29.8 Å². The minimum absolute atomic E-state index is 0.106. The second kappa shape index (κ2) is 16.4. The van der Waals surface area contributed by atoms with E-state index in [-0.39, 0.29) is 13.0 Å². The highest BCUT2D eigenvalue weighted by Gasteiger charge is 2.22. The summed E-state index contributed by atoms with van der Waals surface area (Å²) in [6.45, 7) is -0.372. The minimum atomic E-state index is -4.32. The van der Waals surface area contributed by atoms with Crippen LogP contribution in [0.4, 0.5) is 0 Å². The van der Waals surface area contributed by atoms with E-state index in [9.17, 15) is 32.4 Å². The smallest absolute Gasteiger partial charge is 0.326 e. The van der Waals surface area contributed by atoms with E-state index in [1.54, 1.807) is 11.8 Å². The fraction of sp³-hybridized carbons (Fsp3) is 0.353. The van der Waals surface area contributed by atoms with Gasteiger partial charge in [-0.1, -0.05) is 12.1 Å². The van der Waals surface area contributed by atoms with Gasteiger partial charge in [-0.25, -0.2) is 4.79 Å². The highest BCUT2D eigenvalue weighted by Crippen LogP contribution is 2.14. The maximum Gasteiger partial charge on any atom is 0.326 e. The molecular weight excluding hydrogens is 488 g/mol. The predicted octanol–water partition coefficient (Wildman–Crippen LogP) is -1.02. The summed E-state index contributed by atoms with van der Waals surface area (Å²) in [7, 11) is -4.32. The first kappa shape index (κ1) is 32.0. The van der Waals surface area contributed by atoms with Crippen molar-refractivity contribution in [3.63, 3.8) is 0 Å². The van der Waals surface area contributed by atoms with Crippen molar-refractivity contribution >= 4 is 51.7 Å². The summed E-state index contributed by atoms with van der Waals surface area (Å²) in [6, 6.07) is 6.14. The SMILES string of the molecule is CSc1ccc(CC(=O)O)cc1.NCC(=O)NC(CC(=O)O)C(=O)O.O=C(O)CS(=O)(=O)O. The van der Waals surface area contributed by atoms with Crippen molar-refractivity contribution in [2.75, 3.05) is 18.6 Å². The number of nitrogens with one attached hydrogen (secondary N) is 1. The van der Waals surface area contributed by atoms with E-state index >= 15 is 0 Å². The molecule has 1 amide bonds. The number of carbonyl (C=O) groups excluding carboxylic acids is 1. The fourth-order valence-corrected chi connectivity index (χ4v) is 2.42. The van der Waals surface area contributed by atoms with E-state index in [0.717, 1.165) is 10.5 Å². The second-order valence-corrected chi connectivity index (χ2v) is 8.13. The van der Waals surface area contributed by atoms with E-state index in [4.69, 9.17) is 30.7 Å². The van der Waals surface area contributed by atoms with Crippen LogP contribution in [-0.4, -0.2) is 87.8 Å². The molecule has 1 unspecified atom stereocenters. The molecule has 0 fully saturated rings. The molecule has 1 rings (SSSR count). The van der Waals surface area contributed by atoms with Crippen LogP contribution in [0.3, 0.4) is 0 Å². The topological polar surface area (TPSA) is 259 Å². The number of aliphatic carboxylic acids is 4. The zero-order valence-electron chi connectivity index (χ0n) is 17.2. The second-order valence-electron chi connectivity index (χ2n) is 5.80. The van der Waals surface area contributed by atoms with Gasteiger partial charge in [-0.3, -0.25) is 23.7 Å². The van der Waals surface area contributed by atoms with Gasteiger partial charge in [0.1, 0.15) is 6.04 Å². The van der Waals surface area contributed by atoms with Crippen LogP contribution in [0.5, 0.6) is 0 Å². The van der Waals surface area contributed by atoms with Crippen LogP contribution >= 0.6 is 11.8 Å². The Morgan fingerprint density at radius 1 is 0.970 bits per heavy atom. The molecule has 0 aromatic heterocycles. The Hall–Kier alpha value is -3.21. The molecule has 0 aliphatic carbocycles. The van der Waals surface area contributed by atoms with Crippen molar-refractivity contribution in [2.45, 2.75) is 23.8 Å². The summed E-state index contributed by atoms with van der Waals surface area (Å²) < 4.78 is 27.0. The number of thioether (sulfide) groups is 1. The van der Waals surface area contributed by atoms with Crippen molar-refractivity contribution in [1.82, 2.24) is 5.32 Å². The largest absolute Gasteiger partial charge is 0.481 e. The Morgan fingerprint density at radius 3 is 1.76 bits per heavy atom. The number of hydrogen-bond acceptors (Lipinski definition) is 9. The highest BCUT2D eigenvalue weighted by molar-refractivity contribution is 7.98. The molecule has 0 spiro atoms. The molecule has 33 heavy (non-hydrogen) atoms. The molecule has 0 aliphatic rings. The van der Waals surface area contributed by atoms with Gasteiger partial charge in [-0.05, 0) is 24.0 Å². The average molecular weight is 513 g/mol. The monoisotopic (exact) mass is 512 g/mol. The van der Waals surface area contributed by atoms with E-state index in [1.807, 2.05) is 35.8 Å². The molecular formula is C17H24N2O12S2. The van der Waals surface area contributed by atoms with Crippen LogP contribution in [0.1, 0.15) is 12.0 Å². The van der Waals surface area contributed by atoms with Crippen LogP contribution in [-0.2, 0) is 40.5 Å². The number of carboxylic acid groups (broad SMARTS) is 4. The van der Waals surface area contributed by atoms with Gasteiger partial charge in [0, 0.05) is 4.90 Å². The van der Waals surface area contributed by atoms with Crippen molar-refractivity contribution in [1.29, 1.82) is 0 Å². The lowest BCUT2D eigenvalue weighted by Crippen LogP contribution is -2.44. The zero-order chi connectivity index (χ0) is 26.2. The molecule has 0 bridgehead atoms. The summed E-state index contributed by atoms with van der Waals surface area (Å²) in [4.78, 5) is 52.1. The fourth-order valence-electron chi connectivity index (χ4n) is 1.70. The Balaban J connectivity index is 0. The molecule has 16 heteroatoms. The lowest BCUT2D eigenvalue weighted by molar-refractivity contribution is -0.147.